The third kappa shape index (κ3) is 5.06. The van der Waals surface area contributed by atoms with Gasteiger partial charge in [0.1, 0.15) is 0 Å². The predicted molar refractivity (Wildman–Crippen MR) is 65.6 cm³/mol. The standard InChI is InChI=1S/C9H9Cl3N2O4/c1-3-4-5(9(10,11)12)18-8(16)6(14-13)7(15)17-2/h3-5H,1-2H3. The zero-order valence-corrected chi connectivity index (χ0v) is 11.7. The maximum absolute atomic E-state index is 11.5. The maximum atomic E-state index is 11.5. The lowest BCUT2D eigenvalue weighted by Gasteiger charge is -2.20. The van der Waals surface area contributed by atoms with Gasteiger partial charge in [0.15, 0.2) is 6.10 Å². The van der Waals surface area contributed by atoms with Gasteiger partial charge >= 0.3 is 17.7 Å². The van der Waals surface area contributed by atoms with Crippen LogP contribution >= 0.6 is 34.8 Å². The van der Waals surface area contributed by atoms with Crippen molar-refractivity contribution in [2.75, 3.05) is 7.11 Å². The molecular formula is C9H9Cl3N2O4. The summed E-state index contributed by atoms with van der Waals surface area (Å²) in [5.41, 5.74) is 7.56. The Morgan fingerprint density at radius 3 is 2.22 bits per heavy atom. The molecular weight excluding hydrogens is 306 g/mol. The van der Waals surface area contributed by atoms with Crippen molar-refractivity contribution in [3.05, 3.63) is 17.7 Å². The van der Waals surface area contributed by atoms with Gasteiger partial charge in [0.2, 0.25) is 3.79 Å². The first-order chi connectivity index (χ1) is 8.27. The summed E-state index contributed by atoms with van der Waals surface area (Å²) in [5.74, 6) is -2.45. The van der Waals surface area contributed by atoms with E-state index in [2.05, 4.69) is 9.53 Å². The van der Waals surface area contributed by atoms with Crippen LogP contribution in [-0.2, 0) is 19.1 Å². The fraction of sp³-hybridized carbons (Fsp3) is 0.444. The molecule has 1 unspecified atom stereocenters. The van der Waals surface area contributed by atoms with Crippen LogP contribution < -0.4 is 0 Å². The van der Waals surface area contributed by atoms with Gasteiger partial charge in [-0.1, -0.05) is 40.9 Å². The second kappa shape index (κ2) is 7.38. The van der Waals surface area contributed by atoms with Crippen LogP contribution in [0.5, 0.6) is 0 Å². The summed E-state index contributed by atoms with van der Waals surface area (Å²) in [6.45, 7) is 1.61. The van der Waals surface area contributed by atoms with Crippen molar-refractivity contribution < 1.29 is 23.9 Å². The molecule has 0 saturated carbocycles. The summed E-state index contributed by atoms with van der Waals surface area (Å²) in [6, 6.07) is 0. The average Bonchev–Trinajstić information content (AvgIpc) is 2.27. The SMILES string of the molecule is CC=CC(OC(=O)C(=[N+]=[N-])C(=O)OC)C(Cl)(Cl)Cl. The van der Waals surface area contributed by atoms with Crippen molar-refractivity contribution in [2.45, 2.75) is 16.8 Å². The van der Waals surface area contributed by atoms with E-state index in [9.17, 15) is 9.59 Å². The molecule has 0 bridgehead atoms. The number of carbonyl (C=O) groups is 2. The molecule has 0 heterocycles. The van der Waals surface area contributed by atoms with E-state index in [0.717, 1.165) is 7.11 Å². The van der Waals surface area contributed by atoms with Gasteiger partial charge in [-0.25, -0.2) is 9.59 Å². The first-order valence-corrected chi connectivity index (χ1v) is 5.62. The molecule has 0 N–H and O–H groups in total. The number of allylic oxidation sites excluding steroid dienone is 1. The van der Waals surface area contributed by atoms with E-state index >= 15 is 0 Å². The van der Waals surface area contributed by atoms with Gasteiger partial charge in [0, 0.05) is 0 Å². The van der Waals surface area contributed by atoms with Crippen LogP contribution in [0.15, 0.2) is 12.2 Å². The first kappa shape index (κ1) is 16.9. The van der Waals surface area contributed by atoms with Crippen LogP contribution in [0.4, 0.5) is 0 Å². The molecule has 0 spiro atoms. The number of methoxy groups -OCH3 is 1. The fourth-order valence-electron chi connectivity index (χ4n) is 0.823. The highest BCUT2D eigenvalue weighted by Crippen LogP contribution is 2.33. The molecule has 0 amide bonds. The number of nitrogens with zero attached hydrogens (tertiary/aromatic N) is 2. The topological polar surface area (TPSA) is 89.0 Å². The monoisotopic (exact) mass is 314 g/mol. The van der Waals surface area contributed by atoms with Crippen molar-refractivity contribution >= 4 is 52.5 Å². The number of carbonyl (C=O) groups excluding carboxylic acids is 2. The minimum atomic E-state index is -1.93. The Morgan fingerprint density at radius 2 is 1.89 bits per heavy atom. The lowest BCUT2D eigenvalue weighted by Crippen LogP contribution is -2.36. The lowest BCUT2D eigenvalue weighted by molar-refractivity contribution is -0.149. The molecule has 0 rings (SSSR count). The molecule has 0 fully saturated rings. The zero-order valence-electron chi connectivity index (χ0n) is 9.39. The quantitative estimate of drug-likeness (QED) is 0.150. The Balaban J connectivity index is 5.02. The van der Waals surface area contributed by atoms with Gasteiger partial charge in [-0.3, -0.25) is 0 Å². The third-order valence-electron chi connectivity index (χ3n) is 1.60. The summed E-state index contributed by atoms with van der Waals surface area (Å²) in [7, 11) is 0.999. The smallest absolute Gasteiger partial charge is 0.460 e. The van der Waals surface area contributed by atoms with E-state index < -0.39 is 27.5 Å². The number of rotatable bonds is 4. The summed E-state index contributed by atoms with van der Waals surface area (Å²) in [6.07, 6.45) is 1.52. The highest BCUT2D eigenvalue weighted by atomic mass is 35.6. The van der Waals surface area contributed by atoms with Crippen LogP contribution in [0.25, 0.3) is 5.53 Å². The predicted octanol–water partition coefficient (Wildman–Crippen LogP) is 1.69. The van der Waals surface area contributed by atoms with Crippen LogP contribution in [0.1, 0.15) is 6.92 Å². The summed E-state index contributed by atoms with van der Waals surface area (Å²) in [5, 5.41) is 0. The molecule has 0 aliphatic rings. The molecule has 100 valence electrons. The third-order valence-corrected chi connectivity index (χ3v) is 2.24. The lowest BCUT2D eigenvalue weighted by atomic mass is 10.3. The molecule has 6 nitrogen and oxygen atoms in total. The molecule has 0 aromatic heterocycles. The van der Waals surface area contributed by atoms with E-state index in [4.69, 9.17) is 45.1 Å². The van der Waals surface area contributed by atoms with Crippen molar-refractivity contribution in [1.29, 1.82) is 0 Å². The van der Waals surface area contributed by atoms with Crippen molar-refractivity contribution in [2.24, 2.45) is 0 Å². The zero-order chi connectivity index (χ0) is 14.3. The van der Waals surface area contributed by atoms with Gasteiger partial charge in [-0.15, -0.1) is 0 Å². The normalized spacial score (nSPS) is 12.7. The van der Waals surface area contributed by atoms with Crippen molar-refractivity contribution in [1.82, 2.24) is 0 Å². The fourth-order valence-corrected chi connectivity index (χ4v) is 1.17. The number of esters is 2. The Hall–Kier alpha value is -1.07. The number of halogens is 3. The molecule has 0 aromatic carbocycles. The van der Waals surface area contributed by atoms with E-state index in [0.29, 0.717) is 0 Å². The number of ether oxygens (including phenoxy) is 2. The Bertz CT molecular complexity index is 411. The summed E-state index contributed by atoms with van der Waals surface area (Å²) >= 11 is 16.7. The minimum absolute atomic E-state index is 0.957. The summed E-state index contributed by atoms with van der Waals surface area (Å²) < 4.78 is 6.99. The Morgan fingerprint density at radius 1 is 1.33 bits per heavy atom. The van der Waals surface area contributed by atoms with Gasteiger partial charge in [0.25, 0.3) is 0 Å². The second-order valence-electron chi connectivity index (χ2n) is 2.83. The molecule has 0 radical (unpaired) electrons. The Labute approximate surface area is 118 Å². The van der Waals surface area contributed by atoms with Crippen LogP contribution in [-0.4, -0.2) is 39.4 Å². The van der Waals surface area contributed by atoms with Crippen LogP contribution in [0, 0.1) is 0 Å². The summed E-state index contributed by atoms with van der Waals surface area (Å²) in [4.78, 5) is 25.0. The Kier molecular flexibility index (Phi) is 6.94. The van der Waals surface area contributed by atoms with Gasteiger partial charge in [-0.05, 0) is 13.0 Å². The van der Waals surface area contributed by atoms with Crippen molar-refractivity contribution in [3.8, 4) is 0 Å². The molecule has 18 heavy (non-hydrogen) atoms. The number of alkyl halides is 3. The highest BCUT2D eigenvalue weighted by molar-refractivity contribution is 6.68. The van der Waals surface area contributed by atoms with E-state index in [-0.39, 0.29) is 0 Å². The van der Waals surface area contributed by atoms with E-state index in [1.165, 1.54) is 12.2 Å². The number of hydrogen-bond donors (Lipinski definition) is 0. The molecule has 1 atom stereocenters. The van der Waals surface area contributed by atoms with E-state index in [1.54, 1.807) is 6.92 Å². The molecule has 0 aliphatic carbocycles. The van der Waals surface area contributed by atoms with Crippen LogP contribution in [0.2, 0.25) is 0 Å². The highest BCUT2D eigenvalue weighted by Gasteiger charge is 2.40. The first-order valence-electron chi connectivity index (χ1n) is 4.48. The molecule has 9 heteroatoms. The average molecular weight is 316 g/mol. The van der Waals surface area contributed by atoms with Gasteiger partial charge < -0.3 is 15.0 Å². The van der Waals surface area contributed by atoms with Gasteiger partial charge in [-0.2, -0.15) is 4.79 Å². The second-order valence-corrected chi connectivity index (χ2v) is 5.20. The molecule has 0 saturated heterocycles. The maximum Gasteiger partial charge on any atom is 0.482 e. The van der Waals surface area contributed by atoms with Crippen molar-refractivity contribution in [3.63, 3.8) is 0 Å². The minimum Gasteiger partial charge on any atom is -0.460 e. The van der Waals surface area contributed by atoms with Crippen LogP contribution in [0.3, 0.4) is 0 Å². The largest absolute Gasteiger partial charge is 0.482 e. The number of hydrogen-bond acceptors (Lipinski definition) is 4. The molecule has 0 aromatic rings. The van der Waals surface area contributed by atoms with E-state index in [1.807, 2.05) is 0 Å². The van der Waals surface area contributed by atoms with Gasteiger partial charge in [0.05, 0.1) is 7.11 Å². The molecule has 0 aliphatic heterocycles.